The Kier molecular flexibility index (Phi) is 4.33. The van der Waals surface area contributed by atoms with Crippen LogP contribution >= 0.6 is 11.3 Å². The Morgan fingerprint density at radius 1 is 1.50 bits per heavy atom. The number of rotatable bonds is 4. The molecule has 1 unspecified atom stereocenters. The highest BCUT2D eigenvalue weighted by Gasteiger charge is 2.19. The minimum absolute atomic E-state index is 0.0352. The topological polar surface area (TPSA) is 75.6 Å². The van der Waals surface area contributed by atoms with Gasteiger partial charge in [-0.05, 0) is 30.7 Å². The lowest BCUT2D eigenvalue weighted by Gasteiger charge is -2.21. The van der Waals surface area contributed by atoms with Gasteiger partial charge in [-0.1, -0.05) is 0 Å². The molecule has 0 radical (unpaired) electrons. The second-order valence-corrected chi connectivity index (χ2v) is 5.13. The number of anilines is 1. The molecule has 1 fully saturated rings. The van der Waals surface area contributed by atoms with E-state index in [0.717, 1.165) is 19.3 Å². The maximum atomic E-state index is 11.8. The second-order valence-electron chi connectivity index (χ2n) is 4.21. The predicted octanol–water partition coefficient (Wildman–Crippen LogP) is 2.34. The number of amides is 1. The number of carbonyl (C=O) groups is 2. The summed E-state index contributed by atoms with van der Waals surface area (Å²) in [5.41, 5.74) is 0.137. The van der Waals surface area contributed by atoms with Gasteiger partial charge < -0.3 is 15.2 Å². The standard InChI is InChI=1S/C12H15NO4S/c14-10(7-8-3-1-2-5-17-8)13-11-9(12(15)16)4-6-18-11/h4,6,8H,1-3,5,7H2,(H,13,14)(H,15,16). The van der Waals surface area contributed by atoms with E-state index >= 15 is 0 Å². The van der Waals surface area contributed by atoms with E-state index in [-0.39, 0.29) is 24.0 Å². The van der Waals surface area contributed by atoms with Crippen LogP contribution in [0.3, 0.4) is 0 Å². The Hall–Kier alpha value is -1.40. The van der Waals surface area contributed by atoms with Crippen LogP contribution in [0.15, 0.2) is 11.4 Å². The molecule has 2 N–H and O–H groups in total. The number of ether oxygens (including phenoxy) is 1. The van der Waals surface area contributed by atoms with Crippen molar-refractivity contribution in [3.63, 3.8) is 0 Å². The van der Waals surface area contributed by atoms with Crippen molar-refractivity contribution in [3.8, 4) is 0 Å². The molecule has 2 heterocycles. The summed E-state index contributed by atoms with van der Waals surface area (Å²) < 4.78 is 5.47. The first-order valence-corrected chi connectivity index (χ1v) is 6.77. The summed E-state index contributed by atoms with van der Waals surface area (Å²) in [6.45, 7) is 0.706. The number of carboxylic acid groups (broad SMARTS) is 1. The molecule has 0 saturated carbocycles. The Balaban J connectivity index is 1.90. The molecule has 1 aliphatic heterocycles. The van der Waals surface area contributed by atoms with E-state index in [4.69, 9.17) is 9.84 Å². The molecule has 1 atom stereocenters. The highest BCUT2D eigenvalue weighted by Crippen LogP contribution is 2.24. The molecule has 5 nitrogen and oxygen atoms in total. The van der Waals surface area contributed by atoms with Gasteiger partial charge in [-0.15, -0.1) is 11.3 Å². The molecule has 6 heteroatoms. The van der Waals surface area contributed by atoms with Gasteiger partial charge in [-0.25, -0.2) is 4.79 Å². The van der Waals surface area contributed by atoms with E-state index in [2.05, 4.69) is 5.32 Å². The molecule has 1 aromatic rings. The summed E-state index contributed by atoms with van der Waals surface area (Å²) >= 11 is 1.21. The summed E-state index contributed by atoms with van der Waals surface area (Å²) in [5.74, 6) is -1.22. The highest BCUT2D eigenvalue weighted by molar-refractivity contribution is 7.14. The summed E-state index contributed by atoms with van der Waals surface area (Å²) in [7, 11) is 0. The van der Waals surface area contributed by atoms with Crippen LogP contribution in [0, 0.1) is 0 Å². The number of hydrogen-bond donors (Lipinski definition) is 2. The lowest BCUT2D eigenvalue weighted by atomic mass is 10.1. The van der Waals surface area contributed by atoms with E-state index < -0.39 is 5.97 Å². The zero-order chi connectivity index (χ0) is 13.0. The quantitative estimate of drug-likeness (QED) is 0.879. The van der Waals surface area contributed by atoms with Gasteiger partial charge in [0.2, 0.25) is 5.91 Å². The number of nitrogens with one attached hydrogen (secondary N) is 1. The van der Waals surface area contributed by atoms with Gasteiger partial charge in [-0.3, -0.25) is 4.79 Å². The smallest absolute Gasteiger partial charge is 0.338 e. The van der Waals surface area contributed by atoms with Crippen LogP contribution in [0.4, 0.5) is 5.00 Å². The van der Waals surface area contributed by atoms with Crippen molar-refractivity contribution in [2.75, 3.05) is 11.9 Å². The third-order valence-corrected chi connectivity index (χ3v) is 3.67. The first kappa shape index (κ1) is 13.0. The maximum Gasteiger partial charge on any atom is 0.338 e. The molecule has 1 amide bonds. The molecule has 18 heavy (non-hydrogen) atoms. The minimum Gasteiger partial charge on any atom is -0.478 e. The van der Waals surface area contributed by atoms with Crippen LogP contribution < -0.4 is 5.32 Å². The zero-order valence-electron chi connectivity index (χ0n) is 9.85. The van der Waals surface area contributed by atoms with Crippen molar-refractivity contribution in [3.05, 3.63) is 17.0 Å². The normalized spacial score (nSPS) is 19.4. The summed E-state index contributed by atoms with van der Waals surface area (Å²) in [6.07, 6.45) is 3.27. The Labute approximate surface area is 109 Å². The molecule has 0 spiro atoms. The molecule has 1 aliphatic rings. The van der Waals surface area contributed by atoms with E-state index in [1.165, 1.54) is 17.4 Å². The summed E-state index contributed by atoms with van der Waals surface area (Å²) in [4.78, 5) is 22.7. The molecule has 0 aliphatic carbocycles. The number of carbonyl (C=O) groups excluding carboxylic acids is 1. The van der Waals surface area contributed by atoms with Crippen molar-refractivity contribution >= 4 is 28.2 Å². The van der Waals surface area contributed by atoms with E-state index in [1.54, 1.807) is 5.38 Å². The van der Waals surface area contributed by atoms with Gasteiger partial charge in [0, 0.05) is 6.61 Å². The molecule has 1 aromatic heterocycles. The summed E-state index contributed by atoms with van der Waals surface area (Å²) in [6, 6.07) is 1.49. The zero-order valence-corrected chi connectivity index (χ0v) is 10.7. The van der Waals surface area contributed by atoms with Gasteiger partial charge in [0.25, 0.3) is 0 Å². The Morgan fingerprint density at radius 2 is 2.33 bits per heavy atom. The molecule has 98 valence electrons. The molecule has 1 saturated heterocycles. The third kappa shape index (κ3) is 3.30. The average molecular weight is 269 g/mol. The molecule has 0 bridgehead atoms. The van der Waals surface area contributed by atoms with Crippen LogP contribution in [0.5, 0.6) is 0 Å². The largest absolute Gasteiger partial charge is 0.478 e. The first-order valence-electron chi connectivity index (χ1n) is 5.89. The lowest BCUT2D eigenvalue weighted by molar-refractivity contribution is -0.119. The molecular formula is C12H15NO4S. The lowest BCUT2D eigenvalue weighted by Crippen LogP contribution is -2.25. The van der Waals surface area contributed by atoms with Crippen LogP contribution in [-0.2, 0) is 9.53 Å². The van der Waals surface area contributed by atoms with Gasteiger partial charge in [0.1, 0.15) is 5.00 Å². The van der Waals surface area contributed by atoms with Gasteiger partial charge in [0.15, 0.2) is 0 Å². The Bertz CT molecular complexity index is 437. The second kappa shape index (κ2) is 5.97. The predicted molar refractivity (Wildman–Crippen MR) is 68.1 cm³/mol. The molecular weight excluding hydrogens is 254 g/mol. The maximum absolute atomic E-state index is 11.8. The fourth-order valence-corrected chi connectivity index (χ4v) is 2.72. The van der Waals surface area contributed by atoms with Crippen LogP contribution in [0.2, 0.25) is 0 Å². The fourth-order valence-electron chi connectivity index (χ4n) is 1.93. The van der Waals surface area contributed by atoms with E-state index in [0.29, 0.717) is 11.6 Å². The average Bonchev–Trinajstić information content (AvgIpc) is 2.78. The van der Waals surface area contributed by atoms with Crippen molar-refractivity contribution in [2.45, 2.75) is 31.8 Å². The van der Waals surface area contributed by atoms with Gasteiger partial charge >= 0.3 is 5.97 Å². The SMILES string of the molecule is O=C(CC1CCCCO1)Nc1sccc1C(=O)O. The molecule has 0 aromatic carbocycles. The van der Waals surface area contributed by atoms with E-state index in [9.17, 15) is 9.59 Å². The van der Waals surface area contributed by atoms with Crippen molar-refractivity contribution < 1.29 is 19.4 Å². The number of aromatic carboxylic acids is 1. The highest BCUT2D eigenvalue weighted by atomic mass is 32.1. The summed E-state index contributed by atoms with van der Waals surface area (Å²) in [5, 5.41) is 13.6. The Morgan fingerprint density at radius 3 is 3.00 bits per heavy atom. The van der Waals surface area contributed by atoms with Crippen molar-refractivity contribution in [1.82, 2.24) is 0 Å². The minimum atomic E-state index is -1.03. The fraction of sp³-hybridized carbons (Fsp3) is 0.500. The first-order chi connectivity index (χ1) is 8.66. The molecule has 2 rings (SSSR count). The van der Waals surface area contributed by atoms with Crippen LogP contribution in [0.25, 0.3) is 0 Å². The third-order valence-electron chi connectivity index (χ3n) is 2.84. The van der Waals surface area contributed by atoms with Gasteiger partial charge in [-0.2, -0.15) is 0 Å². The van der Waals surface area contributed by atoms with Gasteiger partial charge in [0.05, 0.1) is 18.1 Å². The van der Waals surface area contributed by atoms with Crippen molar-refractivity contribution in [2.24, 2.45) is 0 Å². The number of carboxylic acids is 1. The number of hydrogen-bond acceptors (Lipinski definition) is 4. The van der Waals surface area contributed by atoms with Crippen LogP contribution in [0.1, 0.15) is 36.0 Å². The number of thiophene rings is 1. The van der Waals surface area contributed by atoms with Crippen molar-refractivity contribution in [1.29, 1.82) is 0 Å². The van der Waals surface area contributed by atoms with E-state index in [1.807, 2.05) is 0 Å². The van der Waals surface area contributed by atoms with Crippen LogP contribution in [-0.4, -0.2) is 29.7 Å². The monoisotopic (exact) mass is 269 g/mol.